The molecule has 40 heavy (non-hydrogen) atoms. The van der Waals surface area contributed by atoms with Crippen LogP contribution >= 0.6 is 12.2 Å². The van der Waals surface area contributed by atoms with Crippen LogP contribution in [0.25, 0.3) is 11.1 Å². The molecule has 0 unspecified atom stereocenters. The van der Waals surface area contributed by atoms with Gasteiger partial charge >= 0.3 is 6.09 Å². The number of aromatic nitrogens is 2. The fourth-order valence-corrected chi connectivity index (χ4v) is 5.81. The molecular formula is C30H31N3O5S2. The Morgan fingerprint density at radius 2 is 1.68 bits per heavy atom. The molecule has 4 aromatic rings. The van der Waals surface area contributed by atoms with Gasteiger partial charge in [0.15, 0.2) is 0 Å². The van der Waals surface area contributed by atoms with Gasteiger partial charge in [0.2, 0.25) is 5.05 Å². The van der Waals surface area contributed by atoms with Gasteiger partial charge < -0.3 is 14.4 Å². The Labute approximate surface area is 239 Å². The Morgan fingerprint density at radius 3 is 2.35 bits per heavy atom. The quantitative estimate of drug-likeness (QED) is 0.207. The minimum absolute atomic E-state index is 0.0422. The predicted molar refractivity (Wildman–Crippen MR) is 158 cm³/mol. The number of carbonyl (C=O) groups excluding carboxylic acids is 1. The van der Waals surface area contributed by atoms with E-state index in [1.165, 1.54) is 6.07 Å². The van der Waals surface area contributed by atoms with Gasteiger partial charge in [0.25, 0.3) is 10.0 Å². The third-order valence-corrected chi connectivity index (χ3v) is 7.95. The van der Waals surface area contributed by atoms with Crippen molar-refractivity contribution in [1.29, 1.82) is 0 Å². The highest BCUT2D eigenvalue weighted by molar-refractivity contribution is 7.90. The Balaban J connectivity index is 1.54. The number of aliphatic hydroxyl groups is 1. The number of carbonyl (C=O) groups is 1. The molecule has 0 saturated heterocycles. The molecule has 8 nitrogen and oxygen atoms in total. The van der Waals surface area contributed by atoms with Crippen LogP contribution in [0.4, 0.5) is 4.79 Å². The summed E-state index contributed by atoms with van der Waals surface area (Å²) in [5.41, 5.74) is 3.99. The number of unbranched alkanes of at least 4 members (excludes halogenated alkanes) is 1. The maximum atomic E-state index is 13.1. The van der Waals surface area contributed by atoms with E-state index in [0.717, 1.165) is 36.2 Å². The summed E-state index contributed by atoms with van der Waals surface area (Å²) in [4.78, 5) is 16.9. The molecule has 0 atom stereocenters. The fraction of sp³-hybridized carbons (Fsp3) is 0.233. The second-order valence-electron chi connectivity index (χ2n) is 9.32. The highest BCUT2D eigenvalue weighted by atomic mass is 32.2. The van der Waals surface area contributed by atoms with Gasteiger partial charge in [-0.25, -0.2) is 22.9 Å². The second-order valence-corrected chi connectivity index (χ2v) is 11.4. The van der Waals surface area contributed by atoms with Crippen molar-refractivity contribution in [3.8, 4) is 11.1 Å². The summed E-state index contributed by atoms with van der Waals surface area (Å²) < 4.78 is 35.3. The number of aliphatic hydroxyl groups excluding tert-OH is 1. The van der Waals surface area contributed by atoms with Crippen LogP contribution in [0.15, 0.2) is 83.8 Å². The maximum Gasteiger partial charge on any atom is 0.421 e. The van der Waals surface area contributed by atoms with E-state index in [2.05, 4.69) is 11.9 Å². The Hall–Kier alpha value is -4.02. The predicted octanol–water partition coefficient (Wildman–Crippen LogP) is 6.10. The van der Waals surface area contributed by atoms with E-state index < -0.39 is 16.1 Å². The van der Waals surface area contributed by atoms with Crippen LogP contribution in [0, 0.1) is 6.92 Å². The van der Waals surface area contributed by atoms with E-state index in [1.807, 2.05) is 46.5 Å². The average molecular weight is 578 g/mol. The van der Waals surface area contributed by atoms with Gasteiger partial charge in [-0.1, -0.05) is 86.1 Å². The van der Waals surface area contributed by atoms with Crippen LogP contribution in [-0.2, 0) is 34.3 Å². The number of sulfonamides is 1. The van der Waals surface area contributed by atoms with Gasteiger partial charge in [0, 0.05) is 18.5 Å². The van der Waals surface area contributed by atoms with Crippen LogP contribution in [-0.4, -0.2) is 34.2 Å². The van der Waals surface area contributed by atoms with Crippen molar-refractivity contribution in [2.45, 2.75) is 51.2 Å². The molecule has 0 fully saturated rings. The lowest BCUT2D eigenvalue weighted by Crippen LogP contribution is -2.31. The number of thiocarbonyl (C=S) groups is 1. The molecule has 4 rings (SSSR count). The summed E-state index contributed by atoms with van der Waals surface area (Å²) in [6.45, 7) is 4.34. The molecular weight excluding hydrogens is 546 g/mol. The van der Waals surface area contributed by atoms with Gasteiger partial charge in [-0.15, -0.1) is 0 Å². The topological polar surface area (TPSA) is 111 Å². The number of nitrogens with zero attached hydrogens (tertiary/aromatic N) is 2. The van der Waals surface area contributed by atoms with Crippen molar-refractivity contribution < 1.29 is 23.1 Å². The molecule has 0 aliphatic carbocycles. The fourth-order valence-electron chi connectivity index (χ4n) is 4.43. The number of aryl methyl sites for hydroxylation is 2. The number of nitrogens with one attached hydrogen (secondary N) is 1. The molecule has 0 saturated carbocycles. The number of benzene rings is 3. The summed E-state index contributed by atoms with van der Waals surface area (Å²) in [5.74, 6) is 0.858. The van der Waals surface area contributed by atoms with Gasteiger partial charge in [0.05, 0.1) is 10.6 Å². The first-order chi connectivity index (χ1) is 19.2. The van der Waals surface area contributed by atoms with Gasteiger partial charge in [0.1, 0.15) is 18.1 Å². The van der Waals surface area contributed by atoms with Crippen molar-refractivity contribution in [2.75, 3.05) is 0 Å². The normalized spacial score (nSPS) is 11.2. The van der Waals surface area contributed by atoms with E-state index in [9.17, 15) is 18.3 Å². The summed E-state index contributed by atoms with van der Waals surface area (Å²) in [7, 11) is -4.21. The van der Waals surface area contributed by atoms with E-state index in [-0.39, 0.29) is 16.6 Å². The zero-order chi connectivity index (χ0) is 28.7. The molecule has 3 aromatic carbocycles. The minimum Gasteiger partial charge on any atom is -0.497 e. The van der Waals surface area contributed by atoms with Gasteiger partial charge in [-0.3, -0.25) is 0 Å². The second kappa shape index (κ2) is 12.9. The number of hydrogen-bond acceptors (Lipinski definition) is 6. The third kappa shape index (κ3) is 6.94. The van der Waals surface area contributed by atoms with Gasteiger partial charge in [-0.05, 0) is 48.3 Å². The largest absolute Gasteiger partial charge is 0.497 e. The van der Waals surface area contributed by atoms with Crippen LogP contribution < -0.4 is 4.72 Å². The number of imidazole rings is 1. The highest BCUT2D eigenvalue weighted by Gasteiger charge is 2.23. The first-order valence-corrected chi connectivity index (χ1v) is 14.8. The molecule has 208 valence electrons. The molecule has 0 aliphatic rings. The first kappa shape index (κ1) is 29.0. The number of amides is 1. The average Bonchev–Trinajstić information content (AvgIpc) is 3.26. The van der Waals surface area contributed by atoms with Crippen LogP contribution in [0.5, 0.6) is 0 Å². The number of ether oxygens (including phenoxy) is 1. The SMILES string of the molecule is CCCCc1nc(C)c(C(O)=S)n1Cc1ccc(-c2ccccc2S(=O)(=O)NC(=O)OCc2ccccc2)cc1. The maximum absolute atomic E-state index is 13.1. The number of rotatable bonds is 11. The van der Waals surface area contributed by atoms with Crippen molar-refractivity contribution in [3.05, 3.63) is 107 Å². The molecule has 10 heteroatoms. The Kier molecular flexibility index (Phi) is 9.34. The van der Waals surface area contributed by atoms with E-state index in [1.54, 1.807) is 42.5 Å². The van der Waals surface area contributed by atoms with Crippen LogP contribution in [0.1, 0.15) is 48.1 Å². The van der Waals surface area contributed by atoms with Gasteiger partial charge in [-0.2, -0.15) is 0 Å². The van der Waals surface area contributed by atoms with Crippen LogP contribution in [0.2, 0.25) is 0 Å². The first-order valence-electron chi connectivity index (χ1n) is 12.9. The molecule has 1 amide bonds. The smallest absolute Gasteiger partial charge is 0.421 e. The lowest BCUT2D eigenvalue weighted by Gasteiger charge is -2.14. The minimum atomic E-state index is -4.21. The summed E-state index contributed by atoms with van der Waals surface area (Å²) >= 11 is 5.08. The summed E-state index contributed by atoms with van der Waals surface area (Å²) in [6, 6.07) is 22.9. The zero-order valence-electron chi connectivity index (χ0n) is 22.3. The molecule has 2 N–H and O–H groups in total. The zero-order valence-corrected chi connectivity index (χ0v) is 24.0. The standard InChI is InChI=1S/C30H31N3O5S2/c1-3-4-14-27-31-21(2)28(29(34)39)33(27)19-22-15-17-24(18-16-22)25-12-8-9-13-26(25)40(36,37)32-30(35)38-20-23-10-6-5-7-11-23/h5-13,15-18H,3-4,14,19-20H2,1-2H3,(H,32,35)(H,34,39). The van der Waals surface area contributed by atoms with Crippen molar-refractivity contribution in [3.63, 3.8) is 0 Å². The van der Waals surface area contributed by atoms with E-state index in [0.29, 0.717) is 29.1 Å². The molecule has 0 aliphatic heterocycles. The van der Waals surface area contributed by atoms with Crippen molar-refractivity contribution in [2.24, 2.45) is 0 Å². The monoisotopic (exact) mass is 577 g/mol. The highest BCUT2D eigenvalue weighted by Crippen LogP contribution is 2.28. The number of hydrogen-bond donors (Lipinski definition) is 2. The van der Waals surface area contributed by atoms with Crippen molar-refractivity contribution >= 4 is 33.4 Å². The Morgan fingerprint density at radius 1 is 1.00 bits per heavy atom. The Bertz CT molecular complexity index is 1600. The van der Waals surface area contributed by atoms with E-state index in [4.69, 9.17) is 17.0 Å². The molecule has 0 bridgehead atoms. The molecule has 0 radical (unpaired) electrons. The molecule has 1 aromatic heterocycles. The van der Waals surface area contributed by atoms with Crippen LogP contribution in [0.3, 0.4) is 0 Å². The van der Waals surface area contributed by atoms with Crippen molar-refractivity contribution in [1.82, 2.24) is 14.3 Å². The molecule has 1 heterocycles. The lowest BCUT2D eigenvalue weighted by atomic mass is 10.0. The summed E-state index contributed by atoms with van der Waals surface area (Å²) in [6.07, 6.45) is 1.69. The van der Waals surface area contributed by atoms with E-state index >= 15 is 0 Å². The summed E-state index contributed by atoms with van der Waals surface area (Å²) in [5, 5.41) is 9.93. The molecule has 0 spiro atoms. The lowest BCUT2D eigenvalue weighted by molar-refractivity contribution is 0.146. The third-order valence-electron chi connectivity index (χ3n) is 6.39.